The minimum Gasteiger partial charge on any atom is -0.477 e. The Morgan fingerprint density at radius 2 is 1.96 bits per heavy atom. The van der Waals surface area contributed by atoms with E-state index in [-0.39, 0.29) is 35.6 Å². The van der Waals surface area contributed by atoms with Gasteiger partial charge in [0.15, 0.2) is 0 Å². The number of fused-ring (bicyclic) bond motifs is 1. The predicted octanol–water partition coefficient (Wildman–Crippen LogP) is 3.95. The van der Waals surface area contributed by atoms with Gasteiger partial charge in [0.1, 0.15) is 0 Å². The van der Waals surface area contributed by atoms with Crippen molar-refractivity contribution in [3.63, 3.8) is 0 Å². The number of carbonyl (C=O) groups excluding carboxylic acids is 1. The Morgan fingerprint density at radius 1 is 1.29 bits per heavy atom. The molecule has 1 aliphatic rings. The molecule has 0 bridgehead atoms. The number of aromatic nitrogens is 2. The van der Waals surface area contributed by atoms with Crippen LogP contribution in [0.3, 0.4) is 0 Å². The molecule has 0 saturated carbocycles. The van der Waals surface area contributed by atoms with E-state index in [1.54, 1.807) is 24.8 Å². The number of carbonyl (C=O) groups is 1. The molecule has 1 aromatic heterocycles. The number of hydrogen-bond donors (Lipinski definition) is 0. The molecule has 2 heterocycles. The molecule has 0 aliphatic carbocycles. The van der Waals surface area contributed by atoms with Crippen molar-refractivity contribution >= 4 is 52.0 Å². The SMILES string of the molecule is CCOC(=O)CN1CSC(C)C1c1c(Cl)c(Cl)cc2nc(OC)c(OC)nc12. The zero-order valence-electron chi connectivity index (χ0n) is 16.0. The summed E-state index contributed by atoms with van der Waals surface area (Å²) in [6, 6.07) is 1.47. The summed E-state index contributed by atoms with van der Waals surface area (Å²) in [4.78, 5) is 23.2. The molecule has 0 spiro atoms. The zero-order valence-corrected chi connectivity index (χ0v) is 18.3. The van der Waals surface area contributed by atoms with Crippen LogP contribution in [0, 0.1) is 0 Å². The molecule has 0 N–H and O–H groups in total. The number of methoxy groups -OCH3 is 2. The summed E-state index contributed by atoms with van der Waals surface area (Å²) in [5.74, 6) is 0.895. The van der Waals surface area contributed by atoms with Crippen LogP contribution in [0.25, 0.3) is 11.0 Å². The number of ether oxygens (including phenoxy) is 3. The van der Waals surface area contributed by atoms with Gasteiger partial charge in [0, 0.05) is 16.7 Å². The molecule has 1 aromatic carbocycles. The Kier molecular flexibility index (Phi) is 6.75. The summed E-state index contributed by atoms with van der Waals surface area (Å²) >= 11 is 14.7. The van der Waals surface area contributed by atoms with E-state index in [9.17, 15) is 4.79 Å². The van der Waals surface area contributed by atoms with Crippen LogP contribution in [0.5, 0.6) is 11.8 Å². The molecule has 1 fully saturated rings. The quantitative estimate of drug-likeness (QED) is 0.618. The summed E-state index contributed by atoms with van der Waals surface area (Å²) < 4.78 is 15.7. The lowest BCUT2D eigenvalue weighted by Crippen LogP contribution is -2.33. The molecule has 3 rings (SSSR count). The van der Waals surface area contributed by atoms with E-state index < -0.39 is 0 Å². The summed E-state index contributed by atoms with van der Waals surface area (Å²) in [6.07, 6.45) is 0. The molecule has 2 aromatic rings. The smallest absolute Gasteiger partial charge is 0.320 e. The number of thioether (sulfide) groups is 1. The van der Waals surface area contributed by atoms with Crippen molar-refractivity contribution in [1.29, 1.82) is 0 Å². The number of rotatable bonds is 6. The van der Waals surface area contributed by atoms with Crippen molar-refractivity contribution in [1.82, 2.24) is 14.9 Å². The summed E-state index contributed by atoms with van der Waals surface area (Å²) in [5, 5.41) is 0.915. The van der Waals surface area contributed by atoms with Gasteiger partial charge in [-0.1, -0.05) is 30.1 Å². The largest absolute Gasteiger partial charge is 0.477 e. The summed E-state index contributed by atoms with van der Waals surface area (Å²) in [5.41, 5.74) is 1.84. The maximum absolute atomic E-state index is 12.1. The third-order valence-electron chi connectivity index (χ3n) is 4.49. The Hall–Kier alpha value is -1.48. The molecule has 2 atom stereocenters. The first-order valence-electron chi connectivity index (χ1n) is 8.70. The average molecular weight is 446 g/mol. The fourth-order valence-corrected chi connectivity index (χ4v) is 4.91. The Balaban J connectivity index is 2.16. The lowest BCUT2D eigenvalue weighted by atomic mass is 10.0. The molecule has 1 saturated heterocycles. The Labute approximate surface area is 177 Å². The molecule has 0 amide bonds. The van der Waals surface area contributed by atoms with E-state index in [2.05, 4.69) is 16.9 Å². The summed E-state index contributed by atoms with van der Waals surface area (Å²) in [7, 11) is 2.99. The van der Waals surface area contributed by atoms with Crippen LogP contribution < -0.4 is 9.47 Å². The fraction of sp³-hybridized carbons (Fsp3) is 0.500. The normalized spacial score (nSPS) is 19.8. The van der Waals surface area contributed by atoms with Gasteiger partial charge in [-0.2, -0.15) is 0 Å². The molecule has 2 unspecified atom stereocenters. The number of hydrogen-bond acceptors (Lipinski definition) is 8. The molecule has 7 nitrogen and oxygen atoms in total. The second-order valence-electron chi connectivity index (χ2n) is 6.19. The zero-order chi connectivity index (χ0) is 20.4. The fourth-order valence-electron chi connectivity index (χ4n) is 3.28. The average Bonchev–Trinajstić information content (AvgIpc) is 3.02. The molecule has 152 valence electrons. The summed E-state index contributed by atoms with van der Waals surface area (Å²) in [6.45, 7) is 4.36. The first kappa shape index (κ1) is 21.2. The van der Waals surface area contributed by atoms with Crippen molar-refractivity contribution in [2.24, 2.45) is 0 Å². The van der Waals surface area contributed by atoms with Gasteiger partial charge >= 0.3 is 5.97 Å². The monoisotopic (exact) mass is 445 g/mol. The van der Waals surface area contributed by atoms with E-state index in [0.29, 0.717) is 33.6 Å². The van der Waals surface area contributed by atoms with Gasteiger partial charge in [0.05, 0.1) is 54.5 Å². The van der Waals surface area contributed by atoms with E-state index >= 15 is 0 Å². The molecule has 1 aliphatic heterocycles. The van der Waals surface area contributed by atoms with E-state index in [1.165, 1.54) is 14.2 Å². The third-order valence-corrected chi connectivity index (χ3v) is 6.55. The molecule has 10 heteroatoms. The van der Waals surface area contributed by atoms with Gasteiger partial charge in [-0.15, -0.1) is 11.8 Å². The first-order chi connectivity index (χ1) is 13.4. The van der Waals surface area contributed by atoms with Crippen LogP contribution in [-0.2, 0) is 9.53 Å². The highest BCUT2D eigenvalue weighted by Crippen LogP contribution is 2.46. The van der Waals surface area contributed by atoms with Crippen molar-refractivity contribution in [2.45, 2.75) is 25.1 Å². The number of benzene rings is 1. The maximum Gasteiger partial charge on any atom is 0.320 e. The molecule has 28 heavy (non-hydrogen) atoms. The van der Waals surface area contributed by atoms with Gasteiger partial charge in [-0.05, 0) is 13.0 Å². The third kappa shape index (κ3) is 3.96. The van der Waals surface area contributed by atoms with Crippen LogP contribution in [0.15, 0.2) is 6.07 Å². The standard InChI is InChI=1S/C18H21Cl2N3O4S/c1-5-27-12(24)7-23-8-28-9(2)16(23)13-14(20)10(19)6-11-15(13)22-18(26-4)17(21-11)25-3/h6,9,16H,5,7-8H2,1-4H3. The van der Waals surface area contributed by atoms with E-state index in [4.69, 9.17) is 37.4 Å². The van der Waals surface area contributed by atoms with Gasteiger partial charge < -0.3 is 14.2 Å². The highest BCUT2D eigenvalue weighted by atomic mass is 35.5. The Bertz CT molecular complexity index is 899. The van der Waals surface area contributed by atoms with Crippen molar-refractivity contribution in [3.05, 3.63) is 21.7 Å². The lowest BCUT2D eigenvalue weighted by Gasteiger charge is -2.27. The van der Waals surface area contributed by atoms with Crippen molar-refractivity contribution in [3.8, 4) is 11.8 Å². The number of halogens is 2. The van der Waals surface area contributed by atoms with Crippen LogP contribution in [0.2, 0.25) is 10.0 Å². The second kappa shape index (κ2) is 8.90. The highest BCUT2D eigenvalue weighted by Gasteiger charge is 2.38. The lowest BCUT2D eigenvalue weighted by molar-refractivity contribution is -0.144. The maximum atomic E-state index is 12.1. The van der Waals surface area contributed by atoms with Gasteiger partial charge in [0.2, 0.25) is 0 Å². The molecular formula is C18H21Cl2N3O4S. The number of nitrogens with zero attached hydrogens (tertiary/aromatic N) is 3. The van der Waals surface area contributed by atoms with Gasteiger partial charge in [0.25, 0.3) is 11.8 Å². The second-order valence-corrected chi connectivity index (χ2v) is 8.31. The topological polar surface area (TPSA) is 73.8 Å². The van der Waals surface area contributed by atoms with Crippen LogP contribution in [0.1, 0.15) is 25.5 Å². The number of esters is 1. The van der Waals surface area contributed by atoms with Gasteiger partial charge in [-0.3, -0.25) is 9.69 Å². The van der Waals surface area contributed by atoms with Crippen LogP contribution in [-0.4, -0.2) is 59.3 Å². The highest BCUT2D eigenvalue weighted by molar-refractivity contribution is 8.00. The van der Waals surface area contributed by atoms with E-state index in [1.807, 2.05) is 4.90 Å². The minimum atomic E-state index is -0.282. The van der Waals surface area contributed by atoms with Gasteiger partial charge in [-0.25, -0.2) is 9.97 Å². The van der Waals surface area contributed by atoms with Crippen LogP contribution >= 0.6 is 35.0 Å². The molecular weight excluding hydrogens is 425 g/mol. The van der Waals surface area contributed by atoms with E-state index in [0.717, 1.165) is 5.56 Å². The van der Waals surface area contributed by atoms with Crippen molar-refractivity contribution < 1.29 is 19.0 Å². The molecule has 0 radical (unpaired) electrons. The van der Waals surface area contributed by atoms with Crippen molar-refractivity contribution in [2.75, 3.05) is 33.2 Å². The predicted molar refractivity (Wildman–Crippen MR) is 111 cm³/mol. The Morgan fingerprint density at radius 3 is 2.61 bits per heavy atom. The van der Waals surface area contributed by atoms with Crippen LogP contribution in [0.4, 0.5) is 0 Å². The first-order valence-corrected chi connectivity index (χ1v) is 10.5. The minimum absolute atomic E-state index is 0.154.